The number of ether oxygens (including phenoxy) is 1. The van der Waals surface area contributed by atoms with E-state index in [9.17, 15) is 0 Å². The first kappa shape index (κ1) is 14.1. The second-order valence-corrected chi connectivity index (χ2v) is 5.08. The van der Waals surface area contributed by atoms with Crippen molar-refractivity contribution in [3.8, 4) is 5.88 Å². The lowest BCUT2D eigenvalue weighted by Crippen LogP contribution is -2.20. The second kappa shape index (κ2) is 5.77. The highest BCUT2D eigenvalue weighted by molar-refractivity contribution is 6.08. The third kappa shape index (κ3) is 2.82. The molecule has 2 aromatic rings. The molecule has 1 aromatic carbocycles. The maximum absolute atomic E-state index is 8.91. The molecule has 1 atom stereocenters. The number of pyridine rings is 1. The number of rotatable bonds is 4. The maximum Gasteiger partial charge on any atom is 0.214 e. The molecule has 0 fully saturated rings. The van der Waals surface area contributed by atoms with Gasteiger partial charge in [0.25, 0.3) is 0 Å². The van der Waals surface area contributed by atoms with Crippen LogP contribution in [0, 0.1) is 5.92 Å². The average Bonchev–Trinajstić information content (AvgIpc) is 2.45. The highest BCUT2D eigenvalue weighted by Gasteiger charge is 2.14. The highest BCUT2D eigenvalue weighted by atomic mass is 16.5. The summed E-state index contributed by atoms with van der Waals surface area (Å²) in [6.07, 6.45) is 0.0313. The fraction of sp³-hybridized carbons (Fsp3) is 0.333. The molecule has 0 spiro atoms. The molecule has 106 valence electrons. The van der Waals surface area contributed by atoms with Crippen LogP contribution in [0.2, 0.25) is 0 Å². The molecule has 20 heavy (non-hydrogen) atoms. The summed E-state index contributed by atoms with van der Waals surface area (Å²) in [7, 11) is 0. The monoisotopic (exact) mass is 273 g/mol. The zero-order valence-electron chi connectivity index (χ0n) is 11.9. The first-order valence-electron chi connectivity index (χ1n) is 6.57. The van der Waals surface area contributed by atoms with Gasteiger partial charge >= 0.3 is 0 Å². The van der Waals surface area contributed by atoms with Gasteiger partial charge in [0, 0.05) is 17.0 Å². The first-order chi connectivity index (χ1) is 9.52. The summed E-state index contributed by atoms with van der Waals surface area (Å²) in [4.78, 5) is 4.46. The van der Waals surface area contributed by atoms with Gasteiger partial charge in [-0.2, -0.15) is 0 Å². The number of oxime groups is 1. The fourth-order valence-corrected chi connectivity index (χ4v) is 1.80. The maximum atomic E-state index is 8.91. The molecule has 5 heteroatoms. The average molecular weight is 273 g/mol. The summed E-state index contributed by atoms with van der Waals surface area (Å²) < 4.78 is 5.82. The molecule has 5 nitrogen and oxygen atoms in total. The van der Waals surface area contributed by atoms with E-state index in [-0.39, 0.29) is 11.9 Å². The lowest BCUT2D eigenvalue weighted by molar-refractivity contribution is 0.164. The lowest BCUT2D eigenvalue weighted by Gasteiger charge is -2.18. The second-order valence-electron chi connectivity index (χ2n) is 5.08. The predicted molar refractivity (Wildman–Crippen MR) is 79.2 cm³/mol. The fourth-order valence-electron chi connectivity index (χ4n) is 1.80. The van der Waals surface area contributed by atoms with Crippen molar-refractivity contribution in [2.75, 3.05) is 0 Å². The van der Waals surface area contributed by atoms with Gasteiger partial charge in [-0.1, -0.05) is 37.2 Å². The Balaban J connectivity index is 2.53. The SMILES string of the molecule is CC(C)C(C)Oc1cc(/C(N)=N/O)c2ccccc2n1. The van der Waals surface area contributed by atoms with E-state index in [0.717, 1.165) is 10.9 Å². The molecule has 0 radical (unpaired) electrons. The van der Waals surface area contributed by atoms with Crippen molar-refractivity contribution in [2.24, 2.45) is 16.8 Å². The lowest BCUT2D eigenvalue weighted by atomic mass is 10.1. The number of hydrogen-bond donors (Lipinski definition) is 2. The standard InChI is InChI=1S/C15H19N3O2/c1-9(2)10(3)20-14-8-12(15(16)18-19)11-6-4-5-7-13(11)17-14/h4-10,19H,1-3H3,(H2,16,18). The van der Waals surface area contributed by atoms with Crippen LogP contribution in [0.25, 0.3) is 10.9 Å². The number of benzene rings is 1. The van der Waals surface area contributed by atoms with Crippen LogP contribution in [0.1, 0.15) is 26.3 Å². The van der Waals surface area contributed by atoms with E-state index in [0.29, 0.717) is 17.4 Å². The van der Waals surface area contributed by atoms with Crippen molar-refractivity contribution in [1.82, 2.24) is 4.98 Å². The minimum absolute atomic E-state index is 0.0313. The van der Waals surface area contributed by atoms with Crippen molar-refractivity contribution in [2.45, 2.75) is 26.9 Å². The molecular weight excluding hydrogens is 254 g/mol. The number of fused-ring (bicyclic) bond motifs is 1. The van der Waals surface area contributed by atoms with E-state index < -0.39 is 0 Å². The van der Waals surface area contributed by atoms with E-state index in [1.165, 1.54) is 0 Å². The number of para-hydroxylation sites is 1. The summed E-state index contributed by atoms with van der Waals surface area (Å²) in [6.45, 7) is 6.15. The number of hydrogen-bond acceptors (Lipinski definition) is 4. The quantitative estimate of drug-likeness (QED) is 0.388. The van der Waals surface area contributed by atoms with Crippen LogP contribution in [-0.4, -0.2) is 22.1 Å². The Hall–Kier alpha value is -2.30. The zero-order chi connectivity index (χ0) is 14.7. The predicted octanol–water partition coefficient (Wildman–Crippen LogP) is 2.75. The van der Waals surface area contributed by atoms with E-state index in [4.69, 9.17) is 15.7 Å². The Labute approximate surface area is 118 Å². The van der Waals surface area contributed by atoms with E-state index in [1.54, 1.807) is 6.07 Å². The third-order valence-electron chi connectivity index (χ3n) is 3.32. The van der Waals surface area contributed by atoms with Crippen LogP contribution in [0.15, 0.2) is 35.5 Å². The Bertz CT molecular complexity index is 638. The van der Waals surface area contributed by atoms with Gasteiger partial charge in [-0.25, -0.2) is 4.98 Å². The smallest absolute Gasteiger partial charge is 0.214 e. The van der Waals surface area contributed by atoms with Crippen LogP contribution in [0.5, 0.6) is 5.88 Å². The number of nitrogens with two attached hydrogens (primary N) is 1. The Morgan fingerprint density at radius 3 is 2.65 bits per heavy atom. The summed E-state index contributed by atoms with van der Waals surface area (Å²) in [6, 6.07) is 9.23. The molecule has 0 saturated carbocycles. The van der Waals surface area contributed by atoms with Crippen molar-refractivity contribution < 1.29 is 9.94 Å². The molecule has 1 unspecified atom stereocenters. The number of aromatic nitrogens is 1. The Kier molecular flexibility index (Phi) is 4.08. The van der Waals surface area contributed by atoms with Gasteiger partial charge in [-0.15, -0.1) is 0 Å². The molecule has 0 bridgehead atoms. The first-order valence-corrected chi connectivity index (χ1v) is 6.57. The minimum Gasteiger partial charge on any atom is -0.474 e. The largest absolute Gasteiger partial charge is 0.474 e. The summed E-state index contributed by atoms with van der Waals surface area (Å²) in [5, 5.41) is 12.8. The van der Waals surface area contributed by atoms with Crippen molar-refractivity contribution >= 4 is 16.7 Å². The van der Waals surface area contributed by atoms with E-state index in [2.05, 4.69) is 24.0 Å². The van der Waals surface area contributed by atoms with Crippen molar-refractivity contribution in [3.05, 3.63) is 35.9 Å². The summed E-state index contributed by atoms with van der Waals surface area (Å²) >= 11 is 0. The van der Waals surface area contributed by atoms with Crippen LogP contribution in [0.4, 0.5) is 0 Å². The molecule has 0 aliphatic carbocycles. The van der Waals surface area contributed by atoms with Gasteiger partial charge in [0.15, 0.2) is 5.84 Å². The molecule has 0 amide bonds. The van der Waals surface area contributed by atoms with Crippen LogP contribution in [0.3, 0.4) is 0 Å². The molecule has 2 rings (SSSR count). The van der Waals surface area contributed by atoms with Gasteiger partial charge in [0.05, 0.1) is 11.6 Å². The molecule has 0 aliphatic rings. The molecule has 1 aromatic heterocycles. The Morgan fingerprint density at radius 1 is 1.30 bits per heavy atom. The van der Waals surface area contributed by atoms with Gasteiger partial charge < -0.3 is 15.7 Å². The molecule has 1 heterocycles. The molecule has 3 N–H and O–H groups in total. The van der Waals surface area contributed by atoms with Crippen LogP contribution < -0.4 is 10.5 Å². The third-order valence-corrected chi connectivity index (χ3v) is 3.32. The van der Waals surface area contributed by atoms with Crippen LogP contribution in [-0.2, 0) is 0 Å². The van der Waals surface area contributed by atoms with Gasteiger partial charge in [-0.3, -0.25) is 0 Å². The number of nitrogens with zero attached hydrogens (tertiary/aromatic N) is 2. The van der Waals surface area contributed by atoms with Gasteiger partial charge in [0.2, 0.25) is 5.88 Å². The van der Waals surface area contributed by atoms with Crippen LogP contribution >= 0.6 is 0 Å². The molecule has 0 aliphatic heterocycles. The summed E-state index contributed by atoms with van der Waals surface area (Å²) in [5.74, 6) is 0.896. The van der Waals surface area contributed by atoms with E-state index >= 15 is 0 Å². The summed E-state index contributed by atoms with van der Waals surface area (Å²) in [5.41, 5.74) is 7.10. The van der Waals surface area contributed by atoms with Gasteiger partial charge in [0.1, 0.15) is 0 Å². The molecule has 0 saturated heterocycles. The van der Waals surface area contributed by atoms with Crippen molar-refractivity contribution in [3.63, 3.8) is 0 Å². The topological polar surface area (TPSA) is 80.7 Å². The van der Waals surface area contributed by atoms with Crippen molar-refractivity contribution in [1.29, 1.82) is 0 Å². The molecular formula is C15H19N3O2. The number of amidine groups is 1. The van der Waals surface area contributed by atoms with E-state index in [1.807, 2.05) is 31.2 Å². The normalized spacial score (nSPS) is 13.7. The minimum atomic E-state index is 0.0313. The Morgan fingerprint density at radius 2 is 2.00 bits per heavy atom. The highest BCUT2D eigenvalue weighted by Crippen LogP contribution is 2.23. The van der Waals surface area contributed by atoms with Gasteiger partial charge in [-0.05, 0) is 18.9 Å². The zero-order valence-corrected chi connectivity index (χ0v) is 11.9.